The maximum atomic E-state index is 13.0. The van der Waals surface area contributed by atoms with Gasteiger partial charge in [-0.15, -0.1) is 0 Å². The van der Waals surface area contributed by atoms with Crippen molar-refractivity contribution in [1.29, 1.82) is 0 Å². The number of anilines is 3. The van der Waals surface area contributed by atoms with Gasteiger partial charge >= 0.3 is 5.63 Å². The highest BCUT2D eigenvalue weighted by Crippen LogP contribution is 2.39. The van der Waals surface area contributed by atoms with Crippen LogP contribution in [0.1, 0.15) is 53.7 Å². The first-order valence-electron chi connectivity index (χ1n) is 12.2. The first-order chi connectivity index (χ1) is 16.5. The average molecular weight is 458 g/mol. The smallest absolute Gasteiger partial charge is 0.347 e. The third-order valence-corrected chi connectivity index (χ3v) is 7.09. The van der Waals surface area contributed by atoms with E-state index in [0.29, 0.717) is 11.3 Å². The van der Waals surface area contributed by atoms with E-state index >= 15 is 0 Å². The minimum Gasteiger partial charge on any atom is -0.422 e. The summed E-state index contributed by atoms with van der Waals surface area (Å²) < 4.78 is 5.76. The van der Waals surface area contributed by atoms with Gasteiger partial charge in [-0.3, -0.25) is 4.79 Å². The Morgan fingerprint density at radius 1 is 1.12 bits per heavy atom. The van der Waals surface area contributed by atoms with Crippen molar-refractivity contribution in [2.75, 3.05) is 41.7 Å². The molecule has 6 heteroatoms. The van der Waals surface area contributed by atoms with Crippen molar-refractivity contribution < 1.29 is 9.21 Å². The highest BCUT2D eigenvalue weighted by molar-refractivity contribution is 6.08. The van der Waals surface area contributed by atoms with E-state index in [0.717, 1.165) is 74.1 Å². The molecule has 2 aliphatic heterocycles. The van der Waals surface area contributed by atoms with Crippen LogP contribution in [-0.4, -0.2) is 32.0 Å². The fourth-order valence-corrected chi connectivity index (χ4v) is 5.37. The zero-order chi connectivity index (χ0) is 23.8. The van der Waals surface area contributed by atoms with Crippen molar-refractivity contribution in [1.82, 2.24) is 0 Å². The van der Waals surface area contributed by atoms with Crippen LogP contribution >= 0.6 is 0 Å². The third kappa shape index (κ3) is 3.87. The van der Waals surface area contributed by atoms with E-state index in [1.165, 1.54) is 17.3 Å². The van der Waals surface area contributed by atoms with Crippen LogP contribution in [0.4, 0.5) is 17.1 Å². The number of carbonyl (C=O) groups is 1. The lowest BCUT2D eigenvalue weighted by Crippen LogP contribution is -2.34. The quantitative estimate of drug-likeness (QED) is 0.248. The summed E-state index contributed by atoms with van der Waals surface area (Å²) >= 11 is 0. The van der Waals surface area contributed by atoms with Gasteiger partial charge in [-0.05, 0) is 87.1 Å². The Labute approximate surface area is 199 Å². The van der Waals surface area contributed by atoms with E-state index in [1.807, 2.05) is 18.2 Å². The molecule has 3 aromatic rings. The normalized spacial score (nSPS) is 15.1. The van der Waals surface area contributed by atoms with Gasteiger partial charge in [0.2, 0.25) is 0 Å². The number of ketones is 1. The Bertz CT molecular complexity index is 1350. The van der Waals surface area contributed by atoms with Gasteiger partial charge in [-0.1, -0.05) is 6.07 Å². The molecule has 0 bridgehead atoms. The van der Waals surface area contributed by atoms with Crippen LogP contribution in [0.25, 0.3) is 17.0 Å². The Morgan fingerprint density at radius 3 is 2.62 bits per heavy atom. The minimum atomic E-state index is -0.587. The number of nitrogen functional groups attached to an aromatic ring is 1. The molecular weight excluding hydrogens is 426 g/mol. The second-order valence-corrected chi connectivity index (χ2v) is 9.11. The zero-order valence-corrected chi connectivity index (χ0v) is 19.9. The fraction of sp³-hybridized carbons (Fsp3) is 0.357. The Kier molecular flexibility index (Phi) is 5.90. The van der Waals surface area contributed by atoms with Crippen LogP contribution in [0.15, 0.2) is 45.6 Å². The van der Waals surface area contributed by atoms with Gasteiger partial charge in [0, 0.05) is 54.2 Å². The van der Waals surface area contributed by atoms with Crippen LogP contribution in [0.5, 0.6) is 0 Å². The highest BCUT2D eigenvalue weighted by atomic mass is 16.4. The Morgan fingerprint density at radius 2 is 1.88 bits per heavy atom. The third-order valence-electron chi connectivity index (χ3n) is 7.09. The molecule has 1 aromatic heterocycles. The largest absolute Gasteiger partial charge is 0.422 e. The van der Waals surface area contributed by atoms with Crippen LogP contribution in [-0.2, 0) is 12.8 Å². The minimum absolute atomic E-state index is 0.0534. The van der Waals surface area contributed by atoms with Crippen LogP contribution in [0.3, 0.4) is 0 Å². The van der Waals surface area contributed by atoms with Crippen molar-refractivity contribution in [3.8, 4) is 0 Å². The lowest BCUT2D eigenvalue weighted by molar-refractivity contribution is 0.104. The van der Waals surface area contributed by atoms with Gasteiger partial charge < -0.3 is 20.0 Å². The van der Waals surface area contributed by atoms with Gasteiger partial charge in [0.15, 0.2) is 5.78 Å². The van der Waals surface area contributed by atoms with E-state index in [9.17, 15) is 9.59 Å². The maximum absolute atomic E-state index is 13.0. The zero-order valence-electron chi connectivity index (χ0n) is 19.9. The van der Waals surface area contributed by atoms with Gasteiger partial charge in [-0.25, -0.2) is 4.79 Å². The molecule has 2 aromatic carbocycles. The standard InChI is InChI=1S/C28H31N3O3/c1-3-30(4-2)21-11-9-18(24(29)17-21)10-12-25(32)23-16-20-15-19-7-5-13-31-14-6-8-22(26(19)31)27(20)34-28(23)33/h9-12,15-17H,3-8,13-14,29H2,1-2H3. The lowest BCUT2D eigenvalue weighted by Gasteiger charge is -2.37. The number of hydrogen-bond acceptors (Lipinski definition) is 6. The van der Waals surface area contributed by atoms with Gasteiger partial charge in [-0.2, -0.15) is 0 Å². The number of nitrogens with zero attached hydrogens (tertiary/aromatic N) is 2. The van der Waals surface area contributed by atoms with Crippen LogP contribution in [0.2, 0.25) is 0 Å². The molecule has 0 aliphatic carbocycles. The molecule has 2 aliphatic rings. The first kappa shape index (κ1) is 22.3. The second kappa shape index (κ2) is 9.01. The molecule has 0 fully saturated rings. The summed E-state index contributed by atoms with van der Waals surface area (Å²) in [7, 11) is 0. The summed E-state index contributed by atoms with van der Waals surface area (Å²) in [6.45, 7) is 8.09. The van der Waals surface area contributed by atoms with Crippen LogP contribution < -0.4 is 21.2 Å². The summed E-state index contributed by atoms with van der Waals surface area (Å²) in [6.07, 6.45) is 7.16. The van der Waals surface area contributed by atoms with Crippen molar-refractivity contribution >= 4 is 39.9 Å². The number of nitrogens with two attached hydrogens (primary N) is 1. The number of benzene rings is 2. The Balaban J connectivity index is 1.47. The number of fused-ring (bicyclic) bond motifs is 2. The molecule has 0 saturated heterocycles. The SMILES string of the molecule is CCN(CC)c1ccc(C=CC(=O)c2cc3cc4c5c(c3oc2=O)CCCN5CCC4)c(N)c1. The molecule has 0 atom stereocenters. The molecule has 3 heterocycles. The van der Waals surface area contributed by atoms with E-state index in [-0.39, 0.29) is 11.3 Å². The maximum Gasteiger partial charge on any atom is 0.347 e. The molecule has 0 unspecified atom stereocenters. The summed E-state index contributed by atoms with van der Waals surface area (Å²) in [6, 6.07) is 9.61. The number of carbonyl (C=O) groups excluding carboxylic acids is 1. The fourth-order valence-electron chi connectivity index (χ4n) is 5.37. The van der Waals surface area contributed by atoms with Gasteiger partial charge in [0.1, 0.15) is 11.1 Å². The topological polar surface area (TPSA) is 79.8 Å². The van der Waals surface area contributed by atoms with E-state index in [1.54, 1.807) is 12.1 Å². The first-order valence-corrected chi connectivity index (χ1v) is 12.2. The monoisotopic (exact) mass is 457 g/mol. The van der Waals surface area contributed by atoms with E-state index in [2.05, 4.69) is 29.7 Å². The van der Waals surface area contributed by atoms with Gasteiger partial charge in [0.25, 0.3) is 0 Å². The van der Waals surface area contributed by atoms with Crippen molar-refractivity contribution in [3.63, 3.8) is 0 Å². The molecule has 0 amide bonds. The molecular formula is C28H31N3O3. The molecule has 0 spiro atoms. The summed E-state index contributed by atoms with van der Waals surface area (Å²) in [5, 5.41) is 0.830. The summed E-state index contributed by atoms with van der Waals surface area (Å²) in [5.74, 6) is -0.379. The summed E-state index contributed by atoms with van der Waals surface area (Å²) in [5.41, 5.74) is 12.4. The number of allylic oxidation sites excluding steroid dienone is 1. The highest BCUT2D eigenvalue weighted by Gasteiger charge is 2.27. The van der Waals surface area contributed by atoms with E-state index < -0.39 is 5.63 Å². The van der Waals surface area contributed by atoms with E-state index in [4.69, 9.17) is 10.2 Å². The van der Waals surface area contributed by atoms with Crippen molar-refractivity contribution in [2.45, 2.75) is 39.5 Å². The predicted octanol–water partition coefficient (Wildman–Crippen LogP) is 4.82. The predicted molar refractivity (Wildman–Crippen MR) is 139 cm³/mol. The molecule has 0 saturated carbocycles. The van der Waals surface area contributed by atoms with Crippen LogP contribution in [0, 0.1) is 0 Å². The molecule has 5 rings (SSSR count). The molecule has 2 N–H and O–H groups in total. The molecule has 34 heavy (non-hydrogen) atoms. The van der Waals surface area contributed by atoms with Crippen molar-refractivity contribution in [2.24, 2.45) is 0 Å². The molecule has 176 valence electrons. The second-order valence-electron chi connectivity index (χ2n) is 9.11. The molecule has 6 nitrogen and oxygen atoms in total. The molecule has 0 radical (unpaired) electrons. The number of rotatable bonds is 6. The Hall–Kier alpha value is -3.54. The summed E-state index contributed by atoms with van der Waals surface area (Å²) in [4.78, 5) is 30.4. The number of hydrogen-bond donors (Lipinski definition) is 1. The van der Waals surface area contributed by atoms with Crippen molar-refractivity contribution in [3.05, 3.63) is 69.1 Å². The number of aryl methyl sites for hydroxylation is 2. The lowest BCUT2D eigenvalue weighted by atomic mass is 9.90. The average Bonchev–Trinajstić information content (AvgIpc) is 2.84. The van der Waals surface area contributed by atoms with Gasteiger partial charge in [0.05, 0.1) is 0 Å².